The molecule has 0 radical (unpaired) electrons. The number of carboxylic acids is 1. The summed E-state index contributed by atoms with van der Waals surface area (Å²) in [5, 5.41) is 8.83. The van der Waals surface area contributed by atoms with Crippen LogP contribution in [0.4, 0.5) is 0 Å². The van der Waals surface area contributed by atoms with E-state index in [-0.39, 0.29) is 17.0 Å². The number of aromatic amines is 1. The number of nitrogens with one attached hydrogen (secondary N) is 2. The highest BCUT2D eigenvalue weighted by Crippen LogP contribution is 2.13. The molecule has 0 atom stereocenters. The maximum atomic E-state index is 12.2. The number of rotatable bonds is 6. The maximum absolute atomic E-state index is 12.2. The molecule has 0 aliphatic rings. The third kappa shape index (κ3) is 3.44. The zero-order valence-corrected chi connectivity index (χ0v) is 13.4. The van der Waals surface area contributed by atoms with Gasteiger partial charge in [0.1, 0.15) is 0 Å². The van der Waals surface area contributed by atoms with E-state index in [1.807, 2.05) is 18.2 Å². The van der Waals surface area contributed by atoms with Crippen LogP contribution in [0.5, 0.6) is 0 Å². The molecule has 7 nitrogen and oxygen atoms in total. The number of carboxylic acid groups (broad SMARTS) is 1. The Kier molecular flexibility index (Phi) is 4.32. The molecule has 0 bridgehead atoms. The lowest BCUT2D eigenvalue weighted by atomic mass is 10.1. The van der Waals surface area contributed by atoms with E-state index in [1.54, 1.807) is 6.33 Å². The zero-order chi connectivity index (χ0) is 17.2. The van der Waals surface area contributed by atoms with Crippen LogP contribution in [0.1, 0.15) is 15.9 Å². The average Bonchev–Trinajstić information content (AvgIpc) is 3.02. The van der Waals surface area contributed by atoms with Crippen molar-refractivity contribution in [2.24, 2.45) is 0 Å². The lowest BCUT2D eigenvalue weighted by Gasteiger charge is -2.07. The van der Waals surface area contributed by atoms with Crippen molar-refractivity contribution in [1.29, 1.82) is 0 Å². The number of aromatic carboxylic acids is 1. The van der Waals surface area contributed by atoms with Gasteiger partial charge >= 0.3 is 5.97 Å². The lowest BCUT2D eigenvalue weighted by molar-refractivity contribution is 0.0696. The van der Waals surface area contributed by atoms with Crippen LogP contribution < -0.4 is 4.72 Å². The van der Waals surface area contributed by atoms with Gasteiger partial charge in [-0.3, -0.25) is 0 Å². The molecule has 0 aliphatic heterocycles. The SMILES string of the molecule is O=C(O)c1ccc(S(=O)(=O)NCCc2ccc3nc[nH]c3c2)cc1. The molecule has 0 saturated carbocycles. The van der Waals surface area contributed by atoms with Crippen LogP contribution >= 0.6 is 0 Å². The van der Waals surface area contributed by atoms with E-state index in [0.717, 1.165) is 16.6 Å². The van der Waals surface area contributed by atoms with Gasteiger partial charge in [-0.1, -0.05) is 6.07 Å². The van der Waals surface area contributed by atoms with Gasteiger partial charge in [-0.15, -0.1) is 0 Å². The second kappa shape index (κ2) is 6.42. The summed E-state index contributed by atoms with van der Waals surface area (Å²) in [7, 11) is -3.67. The molecule has 0 unspecified atom stereocenters. The van der Waals surface area contributed by atoms with Crippen molar-refractivity contribution in [3.8, 4) is 0 Å². The highest BCUT2D eigenvalue weighted by Gasteiger charge is 2.14. The Labute approximate surface area is 138 Å². The number of sulfonamides is 1. The molecule has 0 aliphatic carbocycles. The molecular formula is C16H15N3O4S. The number of H-pyrrole nitrogens is 1. The minimum absolute atomic E-state index is 0.0384. The molecule has 0 amide bonds. The highest BCUT2D eigenvalue weighted by atomic mass is 32.2. The molecule has 1 aromatic heterocycles. The summed E-state index contributed by atoms with van der Waals surface area (Å²) >= 11 is 0. The molecule has 0 saturated heterocycles. The predicted octanol–water partition coefficient (Wildman–Crippen LogP) is 1.78. The summed E-state index contributed by atoms with van der Waals surface area (Å²) in [6.45, 7) is 0.239. The second-order valence-corrected chi connectivity index (χ2v) is 7.00. The van der Waals surface area contributed by atoms with Gasteiger partial charge in [-0.05, 0) is 48.4 Å². The largest absolute Gasteiger partial charge is 0.478 e. The number of hydrogen-bond donors (Lipinski definition) is 3. The van der Waals surface area contributed by atoms with Gasteiger partial charge in [-0.25, -0.2) is 22.9 Å². The smallest absolute Gasteiger partial charge is 0.335 e. The predicted molar refractivity (Wildman–Crippen MR) is 88.4 cm³/mol. The Hall–Kier alpha value is -2.71. The molecule has 0 fully saturated rings. The average molecular weight is 345 g/mol. The second-order valence-electron chi connectivity index (χ2n) is 5.23. The van der Waals surface area contributed by atoms with Crippen LogP contribution in [0.2, 0.25) is 0 Å². The van der Waals surface area contributed by atoms with Gasteiger partial charge in [0, 0.05) is 6.54 Å². The van der Waals surface area contributed by atoms with Crippen molar-refractivity contribution in [2.75, 3.05) is 6.54 Å². The van der Waals surface area contributed by atoms with Crippen molar-refractivity contribution in [3.05, 3.63) is 59.9 Å². The molecule has 24 heavy (non-hydrogen) atoms. The Morgan fingerprint density at radius 1 is 1.17 bits per heavy atom. The topological polar surface area (TPSA) is 112 Å². The van der Waals surface area contributed by atoms with E-state index in [9.17, 15) is 13.2 Å². The van der Waals surface area contributed by atoms with Crippen LogP contribution in [0.25, 0.3) is 11.0 Å². The number of hydrogen-bond acceptors (Lipinski definition) is 4. The van der Waals surface area contributed by atoms with Gasteiger partial charge in [0.15, 0.2) is 0 Å². The van der Waals surface area contributed by atoms with Crippen LogP contribution in [-0.2, 0) is 16.4 Å². The van der Waals surface area contributed by atoms with Gasteiger partial charge in [0.2, 0.25) is 10.0 Å². The standard InChI is InChI=1S/C16H15N3O4S/c20-16(21)12-2-4-13(5-3-12)24(22,23)19-8-7-11-1-6-14-15(9-11)18-10-17-14/h1-6,9-10,19H,7-8H2,(H,17,18)(H,20,21). The molecular weight excluding hydrogens is 330 g/mol. The van der Waals surface area contributed by atoms with Gasteiger partial charge < -0.3 is 10.1 Å². The summed E-state index contributed by atoms with van der Waals surface area (Å²) in [6, 6.07) is 10.8. The zero-order valence-electron chi connectivity index (χ0n) is 12.6. The van der Waals surface area contributed by atoms with E-state index < -0.39 is 16.0 Å². The molecule has 3 aromatic rings. The summed E-state index contributed by atoms with van der Waals surface area (Å²) in [5.41, 5.74) is 2.79. The maximum Gasteiger partial charge on any atom is 0.335 e. The van der Waals surface area contributed by atoms with Crippen molar-refractivity contribution in [3.63, 3.8) is 0 Å². The molecule has 3 N–H and O–H groups in total. The monoisotopic (exact) mass is 345 g/mol. The first-order valence-corrected chi connectivity index (χ1v) is 8.69. The van der Waals surface area contributed by atoms with Crippen LogP contribution in [0.3, 0.4) is 0 Å². The molecule has 124 valence electrons. The third-order valence-corrected chi connectivity index (χ3v) is 5.08. The van der Waals surface area contributed by atoms with Gasteiger partial charge in [0.05, 0.1) is 27.8 Å². The van der Waals surface area contributed by atoms with E-state index in [1.165, 1.54) is 24.3 Å². The van der Waals surface area contributed by atoms with Gasteiger partial charge in [-0.2, -0.15) is 0 Å². The Morgan fingerprint density at radius 3 is 2.62 bits per heavy atom. The first-order valence-electron chi connectivity index (χ1n) is 7.21. The fourth-order valence-corrected chi connectivity index (χ4v) is 3.36. The molecule has 1 heterocycles. The molecule has 8 heteroatoms. The quantitative estimate of drug-likeness (QED) is 0.630. The Bertz CT molecular complexity index is 978. The first kappa shape index (κ1) is 16.2. The Balaban J connectivity index is 1.65. The van der Waals surface area contributed by atoms with Crippen LogP contribution in [0, 0.1) is 0 Å². The molecule has 3 rings (SSSR count). The van der Waals surface area contributed by atoms with Crippen molar-refractivity contribution in [1.82, 2.24) is 14.7 Å². The minimum atomic E-state index is -3.67. The van der Waals surface area contributed by atoms with Crippen molar-refractivity contribution in [2.45, 2.75) is 11.3 Å². The van der Waals surface area contributed by atoms with Crippen LogP contribution in [-0.4, -0.2) is 36.0 Å². The minimum Gasteiger partial charge on any atom is -0.478 e. The summed E-state index contributed by atoms with van der Waals surface area (Å²) < 4.78 is 26.9. The Morgan fingerprint density at radius 2 is 1.92 bits per heavy atom. The van der Waals surface area contributed by atoms with E-state index in [4.69, 9.17) is 5.11 Å². The lowest BCUT2D eigenvalue weighted by Crippen LogP contribution is -2.26. The molecule has 2 aromatic carbocycles. The highest BCUT2D eigenvalue weighted by molar-refractivity contribution is 7.89. The number of benzene rings is 2. The number of carbonyl (C=O) groups is 1. The van der Waals surface area contributed by atoms with Crippen molar-refractivity contribution >= 4 is 27.0 Å². The third-order valence-electron chi connectivity index (χ3n) is 3.60. The normalized spacial score (nSPS) is 11.7. The number of fused-ring (bicyclic) bond motifs is 1. The number of nitrogens with zero attached hydrogens (tertiary/aromatic N) is 1. The number of imidazole rings is 1. The van der Waals surface area contributed by atoms with E-state index in [0.29, 0.717) is 6.42 Å². The summed E-state index contributed by atoms with van der Waals surface area (Å²) in [6.07, 6.45) is 2.14. The fraction of sp³-hybridized carbons (Fsp3) is 0.125. The molecule has 0 spiro atoms. The fourth-order valence-electron chi connectivity index (χ4n) is 2.33. The summed E-state index contributed by atoms with van der Waals surface area (Å²) in [5.74, 6) is -1.10. The van der Waals surface area contributed by atoms with Crippen LogP contribution in [0.15, 0.2) is 53.7 Å². The summed E-state index contributed by atoms with van der Waals surface area (Å²) in [4.78, 5) is 18.0. The van der Waals surface area contributed by atoms with E-state index in [2.05, 4.69) is 14.7 Å². The van der Waals surface area contributed by atoms with Gasteiger partial charge in [0.25, 0.3) is 0 Å². The number of aromatic nitrogens is 2. The van der Waals surface area contributed by atoms with Crippen molar-refractivity contribution < 1.29 is 18.3 Å². The van der Waals surface area contributed by atoms with E-state index >= 15 is 0 Å². The first-order chi connectivity index (χ1) is 11.5.